The van der Waals surface area contributed by atoms with Crippen LogP contribution in [0.25, 0.3) is 11.1 Å². The van der Waals surface area contributed by atoms with Crippen molar-refractivity contribution in [1.82, 2.24) is 4.98 Å². The molecule has 2 aromatic rings. The second-order valence-electron chi connectivity index (χ2n) is 6.22. The van der Waals surface area contributed by atoms with Gasteiger partial charge in [0.15, 0.2) is 0 Å². The van der Waals surface area contributed by atoms with Gasteiger partial charge in [-0.1, -0.05) is 24.3 Å². The Hall–Kier alpha value is -2.72. The molecule has 1 aromatic heterocycles. The molecule has 0 bridgehead atoms. The lowest BCUT2D eigenvalue weighted by Gasteiger charge is -2.11. The average molecular weight is 383 g/mol. The lowest BCUT2D eigenvalue weighted by molar-refractivity contribution is 0.285. The van der Waals surface area contributed by atoms with Crippen LogP contribution < -0.4 is 0 Å². The molecule has 0 fully saturated rings. The zero-order valence-corrected chi connectivity index (χ0v) is 16.3. The van der Waals surface area contributed by atoms with Crippen LogP contribution in [0.15, 0.2) is 59.4 Å². The highest BCUT2D eigenvalue weighted by Gasteiger charge is 2.17. The van der Waals surface area contributed by atoms with Crippen LogP contribution in [0.4, 0.5) is 5.82 Å². The minimum atomic E-state index is 0.246. The number of phenolic OH excluding ortho intramolecular Hbond substituents is 1. The number of hydrogen-bond acceptors (Lipinski definition) is 3. The number of rotatable bonds is 6. The van der Waals surface area contributed by atoms with Gasteiger partial charge in [0.05, 0.1) is 12.9 Å². The molecule has 3 rings (SSSR count). The molecule has 0 saturated heterocycles. The molecule has 140 valence electrons. The first-order valence-electron chi connectivity index (χ1n) is 8.84. The van der Waals surface area contributed by atoms with Crippen molar-refractivity contribution in [3.63, 3.8) is 0 Å². The molecule has 0 unspecified atom stereocenters. The van der Waals surface area contributed by atoms with E-state index in [1.807, 2.05) is 43.6 Å². The van der Waals surface area contributed by atoms with Gasteiger partial charge in [-0.15, -0.1) is 11.6 Å². The molecular weight excluding hydrogens is 360 g/mol. The molecule has 1 aliphatic rings. The Morgan fingerprint density at radius 1 is 1.41 bits per heavy atom. The highest BCUT2D eigenvalue weighted by Crippen LogP contribution is 2.34. The summed E-state index contributed by atoms with van der Waals surface area (Å²) in [5.41, 5.74) is 5.27. The van der Waals surface area contributed by atoms with E-state index in [4.69, 9.17) is 16.3 Å². The van der Waals surface area contributed by atoms with Crippen LogP contribution in [-0.2, 0) is 11.2 Å². The molecule has 0 amide bonds. The third-order valence-electron chi connectivity index (χ3n) is 4.62. The number of alkyl halides is 1. The summed E-state index contributed by atoms with van der Waals surface area (Å²) in [5, 5.41) is 9.74. The number of phenols is 1. The van der Waals surface area contributed by atoms with Crippen molar-refractivity contribution < 1.29 is 9.84 Å². The number of nitrogens with one attached hydrogen (secondary N) is 1. The molecule has 4 nitrogen and oxygen atoms in total. The molecule has 1 aliphatic heterocycles. The second kappa shape index (κ2) is 8.78. The quantitative estimate of drug-likeness (QED) is 0.502. The Morgan fingerprint density at radius 3 is 2.96 bits per heavy atom. The Labute approximate surface area is 164 Å². The van der Waals surface area contributed by atoms with E-state index < -0.39 is 0 Å². The van der Waals surface area contributed by atoms with Crippen molar-refractivity contribution >= 4 is 34.8 Å². The number of hydrogen-bond donors (Lipinski definition) is 2. The van der Waals surface area contributed by atoms with Gasteiger partial charge >= 0.3 is 0 Å². The molecule has 2 N–H and O–H groups in total. The predicted molar refractivity (Wildman–Crippen MR) is 113 cm³/mol. The molecule has 0 radical (unpaired) electrons. The zero-order valence-electron chi connectivity index (χ0n) is 15.5. The molecule has 27 heavy (non-hydrogen) atoms. The van der Waals surface area contributed by atoms with Gasteiger partial charge in [0.1, 0.15) is 11.6 Å². The molecule has 0 aliphatic carbocycles. The second-order valence-corrected chi connectivity index (χ2v) is 6.53. The Balaban J connectivity index is 1.94. The van der Waals surface area contributed by atoms with Crippen molar-refractivity contribution in [2.45, 2.75) is 19.8 Å². The van der Waals surface area contributed by atoms with Crippen LogP contribution >= 0.6 is 11.6 Å². The van der Waals surface area contributed by atoms with Gasteiger partial charge in [-0.25, -0.2) is 4.99 Å². The summed E-state index contributed by atoms with van der Waals surface area (Å²) in [4.78, 5) is 7.89. The highest BCUT2D eigenvalue weighted by atomic mass is 35.5. The third kappa shape index (κ3) is 4.34. The minimum absolute atomic E-state index is 0.246. The fraction of sp³-hybridized carbons (Fsp3) is 0.227. The Morgan fingerprint density at radius 2 is 2.26 bits per heavy atom. The predicted octanol–water partition coefficient (Wildman–Crippen LogP) is 5.62. The third-order valence-corrected chi connectivity index (χ3v) is 4.78. The van der Waals surface area contributed by atoms with Crippen LogP contribution in [0.2, 0.25) is 0 Å². The summed E-state index contributed by atoms with van der Waals surface area (Å²) in [6, 6.07) is 7.21. The maximum Gasteiger partial charge on any atom is 0.134 e. The number of nitrogens with zero attached hydrogens (tertiary/aromatic N) is 1. The summed E-state index contributed by atoms with van der Waals surface area (Å²) in [6.45, 7) is 1.96. The van der Waals surface area contributed by atoms with Crippen LogP contribution in [0.1, 0.15) is 30.0 Å². The van der Waals surface area contributed by atoms with E-state index in [9.17, 15) is 5.11 Å². The molecule has 0 spiro atoms. The van der Waals surface area contributed by atoms with Crippen molar-refractivity contribution in [3.8, 4) is 5.75 Å². The smallest absolute Gasteiger partial charge is 0.134 e. The van der Waals surface area contributed by atoms with E-state index >= 15 is 0 Å². The van der Waals surface area contributed by atoms with Crippen molar-refractivity contribution in [3.05, 3.63) is 71.1 Å². The monoisotopic (exact) mass is 382 g/mol. The number of H-pyrrole nitrogens is 1. The minimum Gasteiger partial charge on any atom is -0.508 e. The summed E-state index contributed by atoms with van der Waals surface area (Å²) < 4.78 is 5.43. The lowest BCUT2D eigenvalue weighted by atomic mass is 9.97. The van der Waals surface area contributed by atoms with Gasteiger partial charge in [-0.2, -0.15) is 0 Å². The van der Waals surface area contributed by atoms with Gasteiger partial charge in [-0.05, 0) is 48.3 Å². The van der Waals surface area contributed by atoms with Crippen molar-refractivity contribution in [1.29, 1.82) is 0 Å². The average Bonchev–Trinajstić information content (AvgIpc) is 2.96. The maximum absolute atomic E-state index is 9.74. The number of aromatic hydroxyl groups is 1. The molecule has 5 heteroatoms. The number of halogens is 1. The van der Waals surface area contributed by atoms with Crippen LogP contribution in [0.3, 0.4) is 0 Å². The molecule has 1 aromatic carbocycles. The summed E-state index contributed by atoms with van der Waals surface area (Å²) in [6.07, 6.45) is 11.3. The topological polar surface area (TPSA) is 57.6 Å². The van der Waals surface area contributed by atoms with Gasteiger partial charge in [0.2, 0.25) is 0 Å². The molecule has 0 atom stereocenters. The molecular formula is C22H23ClN2O2. The van der Waals surface area contributed by atoms with E-state index in [0.29, 0.717) is 12.3 Å². The van der Waals surface area contributed by atoms with Gasteiger partial charge in [-0.3, -0.25) is 0 Å². The summed E-state index contributed by atoms with van der Waals surface area (Å²) in [7, 11) is 1.68. The number of aromatic nitrogens is 1. The van der Waals surface area contributed by atoms with E-state index in [0.717, 1.165) is 45.8 Å². The van der Waals surface area contributed by atoms with Gasteiger partial charge in [0, 0.05) is 35.8 Å². The normalized spacial score (nSPS) is 14.6. The van der Waals surface area contributed by atoms with E-state index in [-0.39, 0.29) is 5.75 Å². The van der Waals surface area contributed by atoms with Crippen LogP contribution in [0, 0.1) is 0 Å². The van der Waals surface area contributed by atoms with Crippen molar-refractivity contribution in [2.75, 3.05) is 13.0 Å². The largest absolute Gasteiger partial charge is 0.508 e. The first-order chi connectivity index (χ1) is 13.2. The summed E-state index contributed by atoms with van der Waals surface area (Å²) in [5.74, 6) is 2.42. The van der Waals surface area contributed by atoms with Crippen LogP contribution in [0.5, 0.6) is 5.75 Å². The number of ether oxygens (including phenoxy) is 1. The Kier molecular flexibility index (Phi) is 6.20. The number of aliphatic imine (C=N–C) groups is 1. The SMILES string of the molecule is C/C=C(\C/C(=C\CCl)c1c[nH]c2c1CC=C(c1cccc(O)c1)C=N2)OC. The number of fused-ring (bicyclic) bond motifs is 1. The Bertz CT molecular complexity index is 936. The first kappa shape index (κ1) is 19.1. The van der Waals surface area contributed by atoms with Crippen molar-refractivity contribution in [2.24, 2.45) is 4.99 Å². The van der Waals surface area contributed by atoms with Crippen LogP contribution in [-0.4, -0.2) is 29.3 Å². The molecule has 2 heterocycles. The fourth-order valence-electron chi connectivity index (χ4n) is 3.18. The fourth-order valence-corrected chi connectivity index (χ4v) is 3.36. The maximum atomic E-state index is 9.74. The number of allylic oxidation sites excluding steroid dienone is 5. The van der Waals surface area contributed by atoms with Gasteiger partial charge < -0.3 is 14.8 Å². The lowest BCUT2D eigenvalue weighted by Crippen LogP contribution is -1.94. The van der Waals surface area contributed by atoms with Gasteiger partial charge in [0.25, 0.3) is 0 Å². The first-order valence-corrected chi connectivity index (χ1v) is 9.38. The van der Waals surface area contributed by atoms with E-state index in [2.05, 4.69) is 16.1 Å². The standard InChI is InChI=1S/C22H23ClN2O2/c1-3-19(27-2)12-16(9-10-23)21-14-25-22-20(21)8-7-17(13-24-22)15-5-4-6-18(26)11-15/h3-7,9,11,13-14,25-26H,8,10,12H2,1-2H3/b16-9+,19-3+. The highest BCUT2D eigenvalue weighted by molar-refractivity contribution is 6.19. The number of aromatic amines is 1. The molecule has 0 saturated carbocycles. The number of methoxy groups -OCH3 is 1. The van der Waals surface area contributed by atoms with E-state index in [1.165, 1.54) is 0 Å². The van der Waals surface area contributed by atoms with E-state index in [1.54, 1.807) is 19.2 Å². The number of benzene rings is 1. The summed E-state index contributed by atoms with van der Waals surface area (Å²) >= 11 is 6.00. The zero-order chi connectivity index (χ0) is 19.2.